The summed E-state index contributed by atoms with van der Waals surface area (Å²) >= 11 is 1.11. The Bertz CT molecular complexity index is 1180. The lowest BCUT2D eigenvalue weighted by molar-refractivity contribution is 0.0703. The number of hydrogen-bond acceptors (Lipinski definition) is 4. The molecule has 1 N–H and O–H groups in total. The number of hydrogen-bond donors (Lipinski definition) is 1. The normalized spacial score (nSPS) is 11.0. The average Bonchev–Trinajstić information content (AvgIpc) is 3.04. The van der Waals surface area contributed by atoms with E-state index in [1.54, 1.807) is 30.6 Å². The first-order valence-electron chi connectivity index (χ1n) is 7.96. The molecule has 26 heavy (non-hydrogen) atoms. The van der Waals surface area contributed by atoms with Crippen LogP contribution in [0.1, 0.15) is 15.2 Å². The maximum atomic E-state index is 12.7. The van der Waals surface area contributed by atoms with Gasteiger partial charge in [0.05, 0.1) is 11.9 Å². The molecule has 0 saturated heterocycles. The minimum Gasteiger partial charge on any atom is -0.477 e. The van der Waals surface area contributed by atoms with Crippen LogP contribution in [0.5, 0.6) is 0 Å². The maximum Gasteiger partial charge on any atom is 0.346 e. The Morgan fingerprint density at radius 3 is 2.58 bits per heavy atom. The molecule has 0 radical (unpaired) electrons. The fourth-order valence-electron chi connectivity index (χ4n) is 3.13. The van der Waals surface area contributed by atoms with Crippen molar-refractivity contribution in [1.82, 2.24) is 9.55 Å². The van der Waals surface area contributed by atoms with Gasteiger partial charge in [-0.25, -0.2) is 4.79 Å². The number of aryl methyl sites for hydroxylation is 1. The van der Waals surface area contributed by atoms with Crippen molar-refractivity contribution < 1.29 is 9.90 Å². The molecule has 0 spiro atoms. The lowest BCUT2D eigenvalue weighted by Gasteiger charge is -2.09. The molecule has 0 fully saturated rings. The number of carbonyl (C=O) groups is 1. The number of benzene rings is 1. The zero-order valence-corrected chi connectivity index (χ0v) is 14.7. The van der Waals surface area contributed by atoms with Crippen LogP contribution in [0.3, 0.4) is 0 Å². The second-order valence-corrected chi connectivity index (χ2v) is 6.87. The second kappa shape index (κ2) is 6.24. The van der Waals surface area contributed by atoms with Gasteiger partial charge in [0.25, 0.3) is 5.56 Å². The van der Waals surface area contributed by atoms with Gasteiger partial charge in [-0.1, -0.05) is 30.3 Å². The van der Waals surface area contributed by atoms with Crippen LogP contribution in [-0.4, -0.2) is 20.6 Å². The van der Waals surface area contributed by atoms with Crippen molar-refractivity contribution in [2.24, 2.45) is 0 Å². The maximum absolute atomic E-state index is 12.7. The fourth-order valence-corrected chi connectivity index (χ4v) is 4.38. The van der Waals surface area contributed by atoms with Crippen molar-refractivity contribution in [3.05, 3.63) is 81.7 Å². The predicted molar refractivity (Wildman–Crippen MR) is 102 cm³/mol. The number of pyridine rings is 2. The third-order valence-corrected chi connectivity index (χ3v) is 5.37. The zero-order valence-electron chi connectivity index (χ0n) is 13.8. The molecule has 3 heterocycles. The van der Waals surface area contributed by atoms with E-state index in [4.69, 9.17) is 0 Å². The number of thiophene rings is 1. The highest BCUT2D eigenvalue weighted by molar-refractivity contribution is 7.21. The number of aromatic nitrogens is 2. The molecule has 0 bridgehead atoms. The summed E-state index contributed by atoms with van der Waals surface area (Å²) < 4.78 is 1.53. The van der Waals surface area contributed by atoms with Crippen LogP contribution in [0.25, 0.3) is 27.0 Å². The minimum atomic E-state index is -1.00. The van der Waals surface area contributed by atoms with Crippen LogP contribution in [0.15, 0.2) is 65.7 Å². The Kier molecular flexibility index (Phi) is 3.89. The second-order valence-electron chi connectivity index (χ2n) is 5.87. The zero-order chi connectivity index (χ0) is 18.3. The average molecular weight is 362 g/mol. The molecule has 0 aliphatic heterocycles. The number of fused-ring (bicyclic) bond motifs is 1. The molecule has 1 aromatic carbocycles. The predicted octanol–water partition coefficient (Wildman–Crippen LogP) is 4.12. The van der Waals surface area contributed by atoms with Crippen LogP contribution in [0.4, 0.5) is 0 Å². The van der Waals surface area contributed by atoms with E-state index in [0.717, 1.165) is 27.8 Å². The molecule has 3 aromatic heterocycles. The lowest BCUT2D eigenvalue weighted by Crippen LogP contribution is -2.17. The van der Waals surface area contributed by atoms with E-state index >= 15 is 0 Å². The van der Waals surface area contributed by atoms with Gasteiger partial charge < -0.3 is 5.11 Å². The highest BCUT2D eigenvalue weighted by atomic mass is 32.1. The summed E-state index contributed by atoms with van der Waals surface area (Å²) in [6.45, 7) is 1.84. The van der Waals surface area contributed by atoms with Crippen molar-refractivity contribution in [3.63, 3.8) is 0 Å². The van der Waals surface area contributed by atoms with Crippen LogP contribution in [0, 0.1) is 6.92 Å². The summed E-state index contributed by atoms with van der Waals surface area (Å²) in [5.41, 5.74) is 2.62. The Labute approximate surface area is 152 Å². The van der Waals surface area contributed by atoms with Gasteiger partial charge in [-0.2, -0.15) is 0 Å². The monoisotopic (exact) mass is 362 g/mol. The van der Waals surface area contributed by atoms with Gasteiger partial charge in [-0.05, 0) is 30.2 Å². The SMILES string of the molecule is Cc1cc(=O)n(-c2cccnc2)c2sc(C(=O)O)c(-c3ccccc3)c12. The minimum absolute atomic E-state index is 0.208. The first kappa shape index (κ1) is 16.2. The number of carboxylic acids is 1. The van der Waals surface area contributed by atoms with Crippen molar-refractivity contribution in [2.45, 2.75) is 6.92 Å². The van der Waals surface area contributed by atoms with E-state index in [1.807, 2.05) is 37.3 Å². The van der Waals surface area contributed by atoms with E-state index in [-0.39, 0.29) is 10.4 Å². The van der Waals surface area contributed by atoms with Gasteiger partial charge >= 0.3 is 5.97 Å². The highest BCUT2D eigenvalue weighted by Crippen LogP contribution is 2.40. The summed E-state index contributed by atoms with van der Waals surface area (Å²) in [5.74, 6) is -1.00. The first-order valence-corrected chi connectivity index (χ1v) is 8.78. The number of aromatic carboxylic acids is 1. The summed E-state index contributed by atoms with van der Waals surface area (Å²) in [6, 6.07) is 14.5. The summed E-state index contributed by atoms with van der Waals surface area (Å²) in [7, 11) is 0. The Hall–Kier alpha value is -3.25. The molecule has 5 nitrogen and oxygen atoms in total. The first-order chi connectivity index (χ1) is 12.6. The molecule has 0 aliphatic rings. The van der Waals surface area contributed by atoms with Crippen LogP contribution in [0.2, 0.25) is 0 Å². The van der Waals surface area contributed by atoms with Gasteiger partial charge in [0.1, 0.15) is 9.71 Å². The van der Waals surface area contributed by atoms with E-state index in [1.165, 1.54) is 4.57 Å². The molecule has 0 aliphatic carbocycles. The summed E-state index contributed by atoms with van der Waals surface area (Å²) in [5, 5.41) is 10.5. The van der Waals surface area contributed by atoms with Crippen molar-refractivity contribution in [2.75, 3.05) is 0 Å². The molecule has 0 saturated carbocycles. The Balaban J connectivity index is 2.18. The smallest absolute Gasteiger partial charge is 0.346 e. The summed E-state index contributed by atoms with van der Waals surface area (Å²) in [4.78, 5) is 29.5. The van der Waals surface area contributed by atoms with Gasteiger partial charge in [-0.3, -0.25) is 14.3 Å². The molecule has 0 unspecified atom stereocenters. The third kappa shape index (κ3) is 2.51. The lowest BCUT2D eigenvalue weighted by atomic mass is 10.0. The van der Waals surface area contributed by atoms with Gasteiger partial charge in [0.15, 0.2) is 0 Å². The number of nitrogens with zero attached hydrogens (tertiary/aromatic N) is 2. The van der Waals surface area contributed by atoms with Crippen molar-refractivity contribution in [3.8, 4) is 16.8 Å². The summed E-state index contributed by atoms with van der Waals surface area (Å²) in [6.07, 6.45) is 3.23. The standard InChI is InChI=1S/C20H14N2O3S/c1-12-10-15(23)22(14-8-5-9-21-11-14)19-16(12)17(18(26-19)20(24)25)13-6-3-2-4-7-13/h2-11H,1H3,(H,24,25). The molecule has 6 heteroatoms. The largest absolute Gasteiger partial charge is 0.477 e. The Morgan fingerprint density at radius 1 is 1.15 bits per heavy atom. The number of rotatable bonds is 3. The van der Waals surface area contributed by atoms with Crippen LogP contribution >= 0.6 is 11.3 Å². The highest BCUT2D eigenvalue weighted by Gasteiger charge is 2.23. The molecule has 4 aromatic rings. The van der Waals surface area contributed by atoms with Gasteiger partial charge in [0.2, 0.25) is 0 Å². The molecule has 128 valence electrons. The van der Waals surface area contributed by atoms with Gasteiger partial charge in [0, 0.05) is 23.2 Å². The quantitative estimate of drug-likeness (QED) is 0.595. The Morgan fingerprint density at radius 2 is 1.92 bits per heavy atom. The molecule has 4 rings (SSSR count). The van der Waals surface area contributed by atoms with E-state index < -0.39 is 5.97 Å². The topological polar surface area (TPSA) is 72.2 Å². The fraction of sp³-hybridized carbons (Fsp3) is 0.0500. The van der Waals surface area contributed by atoms with E-state index in [9.17, 15) is 14.7 Å². The van der Waals surface area contributed by atoms with Crippen molar-refractivity contribution >= 4 is 27.5 Å². The van der Waals surface area contributed by atoms with E-state index in [2.05, 4.69) is 4.98 Å². The molecular formula is C20H14N2O3S. The van der Waals surface area contributed by atoms with Crippen LogP contribution < -0.4 is 5.56 Å². The molecule has 0 atom stereocenters. The van der Waals surface area contributed by atoms with Crippen molar-refractivity contribution in [1.29, 1.82) is 0 Å². The van der Waals surface area contributed by atoms with Crippen LogP contribution in [-0.2, 0) is 0 Å². The third-order valence-electron chi connectivity index (χ3n) is 4.21. The number of carboxylic acid groups (broad SMARTS) is 1. The van der Waals surface area contributed by atoms with Gasteiger partial charge in [-0.15, -0.1) is 11.3 Å². The molecule has 0 amide bonds. The molecular weight excluding hydrogens is 348 g/mol. The van der Waals surface area contributed by atoms with E-state index in [0.29, 0.717) is 16.1 Å².